The number of hydrogen-bond acceptors (Lipinski definition) is 4. The van der Waals surface area contributed by atoms with Crippen LogP contribution in [0.2, 0.25) is 0 Å². The van der Waals surface area contributed by atoms with Crippen LogP contribution in [0.3, 0.4) is 0 Å². The van der Waals surface area contributed by atoms with Gasteiger partial charge in [0.05, 0.1) is 27.1 Å². The second-order valence-electron chi connectivity index (χ2n) is 7.80. The average Bonchev–Trinajstić information content (AvgIpc) is 2.43. The first-order valence-corrected chi connectivity index (χ1v) is 9.40. The zero-order valence-electron chi connectivity index (χ0n) is 16.7. The van der Waals surface area contributed by atoms with Crippen molar-refractivity contribution in [2.24, 2.45) is 5.92 Å². The third-order valence-corrected chi connectivity index (χ3v) is 4.07. The Kier molecular flexibility index (Phi) is 15.2. The van der Waals surface area contributed by atoms with Gasteiger partial charge in [-0.25, -0.2) is 0 Å². The fourth-order valence-electron chi connectivity index (χ4n) is 2.85. The largest absolute Gasteiger partial charge is 0.550 e. The predicted molar refractivity (Wildman–Crippen MR) is 101 cm³/mol. The third kappa shape index (κ3) is 15.2. The summed E-state index contributed by atoms with van der Waals surface area (Å²) in [6, 6.07) is 0. The first kappa shape index (κ1) is 26.4. The summed E-state index contributed by atoms with van der Waals surface area (Å²) in [6.07, 6.45) is 7.34. The molecule has 0 saturated carbocycles. The molecule has 0 fully saturated rings. The summed E-state index contributed by atoms with van der Waals surface area (Å²) in [4.78, 5) is 23.5. The molecule has 5 nitrogen and oxygen atoms in total. The summed E-state index contributed by atoms with van der Waals surface area (Å²) in [5, 5.41) is 11.0. The number of rotatable bonds is 14. The molecule has 0 saturated heterocycles. The molecule has 0 radical (unpaired) electrons. The van der Waals surface area contributed by atoms with Crippen molar-refractivity contribution in [2.45, 2.75) is 77.7 Å². The highest BCUT2D eigenvalue weighted by atomic mass is 35.5. The van der Waals surface area contributed by atoms with Gasteiger partial charge in [-0.3, -0.25) is 4.79 Å². The Bertz CT molecular complexity index is 369. The van der Waals surface area contributed by atoms with Crippen LogP contribution in [0.15, 0.2) is 0 Å². The zero-order chi connectivity index (χ0) is 18.6. The van der Waals surface area contributed by atoms with Crippen LogP contribution in [0.1, 0.15) is 71.6 Å². The number of ether oxygens (including phenoxy) is 1. The Morgan fingerprint density at radius 2 is 1.52 bits per heavy atom. The normalized spacial score (nSPS) is 13.6. The van der Waals surface area contributed by atoms with E-state index in [-0.39, 0.29) is 30.7 Å². The van der Waals surface area contributed by atoms with Crippen LogP contribution in [0, 0.1) is 5.92 Å². The first-order valence-electron chi connectivity index (χ1n) is 9.40. The molecule has 0 bridgehead atoms. The van der Waals surface area contributed by atoms with E-state index in [1.165, 1.54) is 12.8 Å². The summed E-state index contributed by atoms with van der Waals surface area (Å²) in [5.74, 6) is -1.52. The molecule has 25 heavy (non-hydrogen) atoms. The van der Waals surface area contributed by atoms with Crippen LogP contribution in [0.5, 0.6) is 0 Å². The highest BCUT2D eigenvalue weighted by Gasteiger charge is 2.26. The molecule has 0 aromatic carbocycles. The maximum absolute atomic E-state index is 12.5. The minimum absolute atomic E-state index is 0. The number of carboxylic acid groups (broad SMARTS) is 1. The molecule has 2 atom stereocenters. The molecule has 0 amide bonds. The molecule has 0 rings (SSSR count). The number of aliphatic carboxylic acids is 1. The fourth-order valence-corrected chi connectivity index (χ4v) is 2.85. The number of carbonyl (C=O) groups excluding carboxylic acids is 2. The van der Waals surface area contributed by atoms with E-state index in [0.29, 0.717) is 11.0 Å². The van der Waals surface area contributed by atoms with Crippen LogP contribution in [-0.4, -0.2) is 50.2 Å². The maximum atomic E-state index is 12.5. The number of carbonyl (C=O) groups is 2. The molecular formula is C19H38ClNO4. The molecule has 0 aromatic heterocycles. The quantitative estimate of drug-likeness (QED) is 0.264. The van der Waals surface area contributed by atoms with Crippen LogP contribution in [0.4, 0.5) is 0 Å². The Morgan fingerprint density at radius 3 is 2.00 bits per heavy atom. The molecule has 0 aliphatic heterocycles. The topological polar surface area (TPSA) is 66.4 Å². The van der Waals surface area contributed by atoms with E-state index in [1.54, 1.807) is 0 Å². The van der Waals surface area contributed by atoms with Gasteiger partial charge in [0.2, 0.25) is 0 Å². The number of hydrogen-bond donors (Lipinski definition) is 0. The lowest BCUT2D eigenvalue weighted by Gasteiger charge is -2.30. The summed E-state index contributed by atoms with van der Waals surface area (Å²) < 4.78 is 6.12. The number of carboxylic acids is 1. The summed E-state index contributed by atoms with van der Waals surface area (Å²) in [6.45, 7) is 4.74. The van der Waals surface area contributed by atoms with Crippen molar-refractivity contribution in [2.75, 3.05) is 27.7 Å². The van der Waals surface area contributed by atoms with Gasteiger partial charge in [0.25, 0.3) is 0 Å². The van der Waals surface area contributed by atoms with Crippen LogP contribution in [-0.2, 0) is 14.3 Å². The molecule has 0 aliphatic rings. The average molecular weight is 380 g/mol. The fraction of sp³-hybridized carbons (Fsp3) is 0.895. The van der Waals surface area contributed by atoms with Crippen molar-refractivity contribution < 1.29 is 23.9 Å². The Hall–Kier alpha value is -0.810. The van der Waals surface area contributed by atoms with Gasteiger partial charge >= 0.3 is 5.97 Å². The molecule has 0 aromatic rings. The number of unbranched alkanes of at least 4 members (excludes halogenated alkanes) is 4. The maximum Gasteiger partial charge on any atom is 0.309 e. The molecular weight excluding hydrogens is 342 g/mol. The van der Waals surface area contributed by atoms with Crippen molar-refractivity contribution in [1.29, 1.82) is 0 Å². The SMILES string of the molecule is CCCCCCC(CCCC)C(=O)OC(CC(=O)[O-])C[N+](C)(C)C.Cl. The molecule has 0 N–H and O–H groups in total. The molecule has 2 unspecified atom stereocenters. The Balaban J connectivity index is 0. The zero-order valence-corrected chi connectivity index (χ0v) is 17.5. The minimum Gasteiger partial charge on any atom is -0.550 e. The van der Waals surface area contributed by atoms with E-state index in [9.17, 15) is 14.7 Å². The first-order chi connectivity index (χ1) is 11.2. The lowest BCUT2D eigenvalue weighted by Crippen LogP contribution is -2.45. The third-order valence-electron chi connectivity index (χ3n) is 4.07. The molecule has 0 aliphatic carbocycles. The molecule has 150 valence electrons. The van der Waals surface area contributed by atoms with E-state index in [0.717, 1.165) is 38.5 Å². The van der Waals surface area contributed by atoms with Gasteiger partial charge in [-0.05, 0) is 12.8 Å². The van der Waals surface area contributed by atoms with Gasteiger partial charge in [0.15, 0.2) is 6.10 Å². The highest BCUT2D eigenvalue weighted by Crippen LogP contribution is 2.20. The standard InChI is InChI=1S/C19H37NO4.ClH/c1-6-8-10-11-13-16(12-9-7-2)19(23)24-17(14-18(21)22)15-20(3,4)5;/h16-17H,6-15H2,1-5H3;1H. The van der Waals surface area contributed by atoms with Crippen molar-refractivity contribution in [3.8, 4) is 0 Å². The number of halogens is 1. The predicted octanol–water partition coefficient (Wildman–Crippen LogP) is 2.94. The van der Waals surface area contributed by atoms with Crippen molar-refractivity contribution in [3.63, 3.8) is 0 Å². The van der Waals surface area contributed by atoms with Gasteiger partial charge in [-0.1, -0.05) is 52.4 Å². The lowest BCUT2D eigenvalue weighted by molar-refractivity contribution is -0.873. The van der Waals surface area contributed by atoms with E-state index in [4.69, 9.17) is 4.74 Å². The van der Waals surface area contributed by atoms with Crippen molar-refractivity contribution in [1.82, 2.24) is 0 Å². The van der Waals surface area contributed by atoms with Gasteiger partial charge in [-0.2, -0.15) is 0 Å². The van der Waals surface area contributed by atoms with Crippen molar-refractivity contribution in [3.05, 3.63) is 0 Å². The van der Waals surface area contributed by atoms with E-state index < -0.39 is 12.1 Å². The van der Waals surface area contributed by atoms with Crippen LogP contribution < -0.4 is 5.11 Å². The van der Waals surface area contributed by atoms with E-state index in [2.05, 4.69) is 13.8 Å². The molecule has 0 heterocycles. The summed E-state index contributed by atoms with van der Waals surface area (Å²) >= 11 is 0. The second-order valence-corrected chi connectivity index (χ2v) is 7.80. The smallest absolute Gasteiger partial charge is 0.309 e. The Morgan fingerprint density at radius 1 is 0.960 bits per heavy atom. The van der Waals surface area contributed by atoms with E-state index >= 15 is 0 Å². The van der Waals surface area contributed by atoms with E-state index in [1.807, 2.05) is 21.1 Å². The Labute approximate surface area is 160 Å². The van der Waals surface area contributed by atoms with Gasteiger partial charge in [-0.15, -0.1) is 12.4 Å². The monoisotopic (exact) mass is 379 g/mol. The summed E-state index contributed by atoms with van der Waals surface area (Å²) in [5.41, 5.74) is 0. The van der Waals surface area contributed by atoms with Crippen LogP contribution in [0.25, 0.3) is 0 Å². The molecule has 0 spiro atoms. The number of likely N-dealkylation sites (N-methyl/N-ethyl adjacent to an activating group) is 1. The molecule has 6 heteroatoms. The van der Waals surface area contributed by atoms with Crippen LogP contribution >= 0.6 is 12.4 Å². The van der Waals surface area contributed by atoms with Gasteiger partial charge in [0, 0.05) is 12.4 Å². The van der Waals surface area contributed by atoms with Crippen molar-refractivity contribution >= 4 is 24.3 Å². The second kappa shape index (κ2) is 14.4. The van der Waals surface area contributed by atoms with Gasteiger partial charge < -0.3 is 19.1 Å². The lowest BCUT2D eigenvalue weighted by atomic mass is 9.95. The summed E-state index contributed by atoms with van der Waals surface area (Å²) in [7, 11) is 5.86. The van der Waals surface area contributed by atoms with Gasteiger partial charge in [0.1, 0.15) is 6.54 Å². The minimum atomic E-state index is -1.17. The number of esters is 1. The number of quaternary nitrogens is 1. The number of nitrogens with zero attached hydrogens (tertiary/aromatic N) is 1. The highest BCUT2D eigenvalue weighted by molar-refractivity contribution is 5.85.